The van der Waals surface area contributed by atoms with Crippen molar-refractivity contribution in [2.75, 3.05) is 32.0 Å². The molecule has 24 heavy (non-hydrogen) atoms. The molecule has 2 aromatic heterocycles. The zero-order valence-corrected chi connectivity index (χ0v) is 14.8. The van der Waals surface area contributed by atoms with Gasteiger partial charge in [0.15, 0.2) is 10.9 Å². The summed E-state index contributed by atoms with van der Waals surface area (Å²) in [6.07, 6.45) is 7.36. The molecule has 8 heteroatoms. The van der Waals surface area contributed by atoms with Crippen LogP contribution in [0, 0.1) is 6.92 Å². The first-order valence-electron chi connectivity index (χ1n) is 8.09. The minimum atomic E-state index is 0.0476. The highest BCUT2D eigenvalue weighted by atomic mass is 32.1. The van der Waals surface area contributed by atoms with Gasteiger partial charge in [-0.15, -0.1) is 11.3 Å². The van der Waals surface area contributed by atoms with E-state index in [4.69, 9.17) is 0 Å². The molecular formula is C16H22N6OS. The molecule has 1 saturated heterocycles. The zero-order chi connectivity index (χ0) is 16.9. The quantitative estimate of drug-likeness (QED) is 0.860. The number of likely N-dealkylation sites (tertiary alicyclic amines) is 1. The molecular weight excluding hydrogens is 324 g/mol. The van der Waals surface area contributed by atoms with E-state index in [1.165, 1.54) is 0 Å². The summed E-state index contributed by atoms with van der Waals surface area (Å²) >= 11 is 1.60. The molecule has 3 heterocycles. The van der Waals surface area contributed by atoms with Gasteiger partial charge in [0, 0.05) is 43.0 Å². The number of thiazole rings is 1. The molecule has 0 aliphatic carbocycles. The number of nitrogens with one attached hydrogen (secondary N) is 2. The average molecular weight is 346 g/mol. The summed E-state index contributed by atoms with van der Waals surface area (Å²) in [6, 6.07) is 0. The van der Waals surface area contributed by atoms with Crippen LogP contribution in [0.2, 0.25) is 0 Å². The number of aromatic nitrogens is 3. The van der Waals surface area contributed by atoms with Crippen LogP contribution in [-0.2, 0) is 4.79 Å². The van der Waals surface area contributed by atoms with Gasteiger partial charge in [-0.25, -0.2) is 9.97 Å². The number of likely N-dealkylation sites (N-methyl/N-ethyl adjacent to an activating group) is 1. The summed E-state index contributed by atoms with van der Waals surface area (Å²) < 4.78 is 0. The van der Waals surface area contributed by atoms with Gasteiger partial charge < -0.3 is 10.6 Å². The van der Waals surface area contributed by atoms with Crippen molar-refractivity contribution in [1.82, 2.24) is 25.2 Å². The van der Waals surface area contributed by atoms with E-state index in [1.54, 1.807) is 30.8 Å². The van der Waals surface area contributed by atoms with E-state index < -0.39 is 0 Å². The summed E-state index contributed by atoms with van der Waals surface area (Å²) in [7, 11) is 1.67. The van der Waals surface area contributed by atoms with Crippen LogP contribution < -0.4 is 10.6 Å². The zero-order valence-electron chi connectivity index (χ0n) is 14.0. The highest BCUT2D eigenvalue weighted by Gasteiger charge is 2.26. The molecule has 2 N–H and O–H groups in total. The molecule has 1 aliphatic heterocycles. The van der Waals surface area contributed by atoms with E-state index in [2.05, 4.69) is 30.5 Å². The van der Waals surface area contributed by atoms with E-state index in [0.717, 1.165) is 47.5 Å². The molecule has 3 rings (SSSR count). The lowest BCUT2D eigenvalue weighted by molar-refractivity contribution is -0.122. The minimum absolute atomic E-state index is 0.0476. The van der Waals surface area contributed by atoms with Gasteiger partial charge >= 0.3 is 0 Å². The molecule has 7 nitrogen and oxygen atoms in total. The number of piperidine rings is 1. The molecule has 0 saturated carbocycles. The molecule has 0 bridgehead atoms. The summed E-state index contributed by atoms with van der Waals surface area (Å²) in [5.74, 6) is 1.07. The first kappa shape index (κ1) is 16.8. The van der Waals surface area contributed by atoms with Gasteiger partial charge in [0.1, 0.15) is 0 Å². The molecule has 128 valence electrons. The first-order valence-corrected chi connectivity index (χ1v) is 8.90. The van der Waals surface area contributed by atoms with E-state index in [1.807, 2.05) is 13.1 Å². The van der Waals surface area contributed by atoms with Crippen LogP contribution in [0.15, 0.2) is 18.6 Å². The average Bonchev–Trinajstić information content (AvgIpc) is 3.00. The Bertz CT molecular complexity index is 703. The van der Waals surface area contributed by atoms with Crippen molar-refractivity contribution < 1.29 is 4.79 Å². The maximum Gasteiger partial charge on any atom is 0.233 e. The number of aryl methyl sites for hydroxylation is 1. The maximum atomic E-state index is 11.6. The Balaban J connectivity index is 1.75. The largest absolute Gasteiger partial charge is 0.358 e. The van der Waals surface area contributed by atoms with Gasteiger partial charge in [-0.3, -0.25) is 14.7 Å². The van der Waals surface area contributed by atoms with E-state index in [-0.39, 0.29) is 11.8 Å². The molecule has 1 amide bonds. The Labute approximate surface area is 145 Å². The molecule has 1 atom stereocenters. The Morgan fingerprint density at radius 2 is 2.21 bits per heavy atom. The van der Waals surface area contributed by atoms with Crippen molar-refractivity contribution in [3.8, 4) is 0 Å². The summed E-state index contributed by atoms with van der Waals surface area (Å²) in [5.41, 5.74) is 0.951. The number of nitrogens with zero attached hydrogens (tertiary/aromatic N) is 4. The molecule has 0 unspecified atom stereocenters. The Kier molecular flexibility index (Phi) is 5.37. The van der Waals surface area contributed by atoms with Gasteiger partial charge in [-0.05, 0) is 26.3 Å². The smallest absolute Gasteiger partial charge is 0.233 e. The normalized spacial score (nSPS) is 18.3. The topological polar surface area (TPSA) is 83.0 Å². The molecule has 0 aromatic carbocycles. The SMILES string of the molecule is CNC(=O)CN1CCC[C@H](c2nccnc2Nc2ncc(C)s2)C1. The fraction of sp³-hybridized carbons (Fsp3) is 0.500. The van der Waals surface area contributed by atoms with Gasteiger partial charge in [-0.1, -0.05) is 0 Å². The van der Waals surface area contributed by atoms with Crippen LogP contribution >= 0.6 is 11.3 Å². The molecule has 0 spiro atoms. The third-order valence-corrected chi connectivity index (χ3v) is 4.94. The predicted molar refractivity (Wildman–Crippen MR) is 94.6 cm³/mol. The van der Waals surface area contributed by atoms with Crippen LogP contribution in [0.5, 0.6) is 0 Å². The Hall–Kier alpha value is -2.06. The number of rotatable bonds is 5. The van der Waals surface area contributed by atoms with E-state index in [9.17, 15) is 4.79 Å². The van der Waals surface area contributed by atoms with Gasteiger partial charge in [0.05, 0.1) is 12.2 Å². The third kappa shape index (κ3) is 4.07. The van der Waals surface area contributed by atoms with Crippen molar-refractivity contribution in [1.29, 1.82) is 0 Å². The maximum absolute atomic E-state index is 11.6. The van der Waals surface area contributed by atoms with Crippen molar-refractivity contribution >= 4 is 28.2 Å². The number of carbonyl (C=O) groups is 1. The van der Waals surface area contributed by atoms with Gasteiger partial charge in [0.25, 0.3) is 0 Å². The van der Waals surface area contributed by atoms with Gasteiger partial charge in [-0.2, -0.15) is 0 Å². The van der Waals surface area contributed by atoms with Crippen molar-refractivity contribution in [3.63, 3.8) is 0 Å². The van der Waals surface area contributed by atoms with Crippen LogP contribution in [0.4, 0.5) is 10.9 Å². The summed E-state index contributed by atoms with van der Waals surface area (Å²) in [6.45, 7) is 4.22. The fourth-order valence-electron chi connectivity index (χ4n) is 2.96. The third-order valence-electron chi connectivity index (χ3n) is 4.11. The Morgan fingerprint density at radius 1 is 1.38 bits per heavy atom. The standard InChI is InChI=1S/C16H22N6OS/c1-11-8-20-16(24-11)21-15-14(18-5-6-19-15)12-4-3-7-22(9-12)10-13(23)17-2/h5-6,8,12H,3-4,7,9-10H2,1-2H3,(H,17,23)(H,19,20,21)/t12-/m0/s1. The number of carbonyl (C=O) groups excluding carboxylic acids is 1. The number of anilines is 2. The molecule has 2 aromatic rings. The van der Waals surface area contributed by atoms with Crippen molar-refractivity contribution in [2.45, 2.75) is 25.7 Å². The summed E-state index contributed by atoms with van der Waals surface area (Å²) in [4.78, 5) is 28.3. The van der Waals surface area contributed by atoms with E-state index in [0.29, 0.717) is 6.54 Å². The predicted octanol–water partition coefficient (Wildman–Crippen LogP) is 1.91. The lowest BCUT2D eigenvalue weighted by atomic mass is 9.94. The first-order chi connectivity index (χ1) is 11.7. The Morgan fingerprint density at radius 3 is 2.96 bits per heavy atom. The molecule has 0 radical (unpaired) electrons. The lowest BCUT2D eigenvalue weighted by Crippen LogP contribution is -2.41. The highest BCUT2D eigenvalue weighted by Crippen LogP contribution is 2.31. The summed E-state index contributed by atoms with van der Waals surface area (Å²) in [5, 5.41) is 6.81. The van der Waals surface area contributed by atoms with Crippen molar-refractivity contribution in [2.24, 2.45) is 0 Å². The lowest BCUT2D eigenvalue weighted by Gasteiger charge is -2.32. The van der Waals surface area contributed by atoms with Crippen LogP contribution in [0.1, 0.15) is 29.3 Å². The fourth-order valence-corrected chi connectivity index (χ4v) is 3.63. The van der Waals surface area contributed by atoms with Crippen LogP contribution in [0.3, 0.4) is 0 Å². The minimum Gasteiger partial charge on any atom is -0.358 e. The highest BCUT2D eigenvalue weighted by molar-refractivity contribution is 7.15. The van der Waals surface area contributed by atoms with E-state index >= 15 is 0 Å². The van der Waals surface area contributed by atoms with Gasteiger partial charge in [0.2, 0.25) is 5.91 Å². The molecule has 1 fully saturated rings. The number of amides is 1. The number of hydrogen-bond donors (Lipinski definition) is 2. The van der Waals surface area contributed by atoms with Crippen molar-refractivity contribution in [3.05, 3.63) is 29.2 Å². The number of hydrogen-bond acceptors (Lipinski definition) is 7. The second kappa shape index (κ2) is 7.67. The van der Waals surface area contributed by atoms with Crippen LogP contribution in [-0.4, -0.2) is 52.4 Å². The molecule has 1 aliphatic rings. The second-order valence-electron chi connectivity index (χ2n) is 5.94. The van der Waals surface area contributed by atoms with Crippen LogP contribution in [0.25, 0.3) is 0 Å². The monoisotopic (exact) mass is 346 g/mol. The second-order valence-corrected chi connectivity index (χ2v) is 7.17.